The van der Waals surface area contributed by atoms with Crippen molar-refractivity contribution in [3.05, 3.63) is 29.8 Å². The minimum atomic E-state index is 0.206. The molecule has 1 aromatic carbocycles. The van der Waals surface area contributed by atoms with Gasteiger partial charge >= 0.3 is 0 Å². The van der Waals surface area contributed by atoms with Gasteiger partial charge < -0.3 is 10.1 Å². The van der Waals surface area contributed by atoms with Crippen molar-refractivity contribution >= 4 is 0 Å². The smallest absolute Gasteiger partial charge is 0.119 e. The Labute approximate surface area is 130 Å². The van der Waals surface area contributed by atoms with Crippen LogP contribution >= 0.6 is 0 Å². The molecule has 0 aliphatic heterocycles. The van der Waals surface area contributed by atoms with Gasteiger partial charge in [-0.1, -0.05) is 52.7 Å². The molecule has 118 valence electrons. The van der Waals surface area contributed by atoms with Crippen LogP contribution in [0.1, 0.15) is 58.9 Å². The summed E-state index contributed by atoms with van der Waals surface area (Å²) in [6, 6.07) is 9.21. The minimum Gasteiger partial charge on any atom is -0.492 e. The SMILES string of the molecule is CC1CCCCC1NCCOc1ccc(C(C)(C)C)cc1. The van der Waals surface area contributed by atoms with Crippen LogP contribution < -0.4 is 10.1 Å². The lowest BCUT2D eigenvalue weighted by Crippen LogP contribution is -2.39. The van der Waals surface area contributed by atoms with Crippen LogP contribution in [0.15, 0.2) is 24.3 Å². The summed E-state index contributed by atoms with van der Waals surface area (Å²) in [7, 11) is 0. The first-order chi connectivity index (χ1) is 9.97. The minimum absolute atomic E-state index is 0.206. The van der Waals surface area contributed by atoms with E-state index in [-0.39, 0.29) is 5.41 Å². The number of ether oxygens (including phenoxy) is 1. The van der Waals surface area contributed by atoms with Crippen LogP contribution in [0.3, 0.4) is 0 Å². The van der Waals surface area contributed by atoms with Crippen molar-refractivity contribution in [3.8, 4) is 5.75 Å². The summed E-state index contributed by atoms with van der Waals surface area (Å²) in [5.74, 6) is 1.78. The van der Waals surface area contributed by atoms with Gasteiger partial charge in [0.1, 0.15) is 12.4 Å². The van der Waals surface area contributed by atoms with Gasteiger partial charge in [0.2, 0.25) is 0 Å². The maximum Gasteiger partial charge on any atom is 0.119 e. The molecule has 1 aromatic rings. The average molecular weight is 289 g/mol. The molecule has 0 saturated heterocycles. The highest BCUT2D eigenvalue weighted by molar-refractivity contribution is 5.31. The van der Waals surface area contributed by atoms with Crippen molar-refractivity contribution in [1.82, 2.24) is 5.32 Å². The third-order valence-electron chi connectivity index (χ3n) is 4.61. The first kappa shape index (κ1) is 16.4. The summed E-state index contributed by atoms with van der Waals surface area (Å²) < 4.78 is 5.84. The molecule has 2 unspecified atom stereocenters. The first-order valence-corrected chi connectivity index (χ1v) is 8.43. The molecule has 2 rings (SSSR count). The third-order valence-corrected chi connectivity index (χ3v) is 4.61. The van der Waals surface area contributed by atoms with Gasteiger partial charge in [0, 0.05) is 12.6 Å². The second-order valence-corrected chi connectivity index (χ2v) is 7.45. The zero-order valence-electron chi connectivity index (χ0n) is 14.1. The fraction of sp³-hybridized carbons (Fsp3) is 0.684. The molecule has 1 saturated carbocycles. The maximum atomic E-state index is 5.84. The maximum absolute atomic E-state index is 5.84. The summed E-state index contributed by atoms with van der Waals surface area (Å²) in [6.45, 7) is 10.8. The molecule has 0 amide bonds. The Morgan fingerprint density at radius 2 is 1.76 bits per heavy atom. The molecule has 21 heavy (non-hydrogen) atoms. The van der Waals surface area contributed by atoms with Gasteiger partial charge in [0.05, 0.1) is 0 Å². The van der Waals surface area contributed by atoms with Crippen LogP contribution in [-0.4, -0.2) is 19.2 Å². The summed E-state index contributed by atoms with van der Waals surface area (Å²) in [6.07, 6.45) is 5.46. The molecular formula is C19H31NO. The molecule has 0 aromatic heterocycles. The van der Waals surface area contributed by atoms with Gasteiger partial charge in [-0.25, -0.2) is 0 Å². The topological polar surface area (TPSA) is 21.3 Å². The Kier molecular flexibility index (Phi) is 5.69. The van der Waals surface area contributed by atoms with E-state index in [0.717, 1.165) is 24.8 Å². The van der Waals surface area contributed by atoms with E-state index >= 15 is 0 Å². The highest BCUT2D eigenvalue weighted by atomic mass is 16.5. The lowest BCUT2D eigenvalue weighted by Gasteiger charge is -2.29. The van der Waals surface area contributed by atoms with Gasteiger partial charge in [-0.3, -0.25) is 0 Å². The lowest BCUT2D eigenvalue weighted by atomic mass is 9.86. The Morgan fingerprint density at radius 1 is 1.10 bits per heavy atom. The third kappa shape index (κ3) is 5.03. The number of nitrogens with one attached hydrogen (secondary N) is 1. The molecule has 2 nitrogen and oxygen atoms in total. The Hall–Kier alpha value is -1.02. The monoisotopic (exact) mass is 289 g/mol. The number of hydrogen-bond acceptors (Lipinski definition) is 2. The van der Waals surface area contributed by atoms with Gasteiger partial charge in [-0.05, 0) is 41.9 Å². The van der Waals surface area contributed by atoms with Crippen LogP contribution in [0, 0.1) is 5.92 Å². The van der Waals surface area contributed by atoms with Crippen LogP contribution in [0.25, 0.3) is 0 Å². The largest absolute Gasteiger partial charge is 0.492 e. The number of benzene rings is 1. The van der Waals surface area contributed by atoms with Crippen molar-refractivity contribution in [2.24, 2.45) is 5.92 Å². The molecule has 2 heteroatoms. The summed E-state index contributed by atoms with van der Waals surface area (Å²) in [5.41, 5.74) is 1.56. The van der Waals surface area contributed by atoms with Crippen molar-refractivity contribution in [1.29, 1.82) is 0 Å². The Bertz CT molecular complexity index is 418. The number of rotatable bonds is 5. The lowest BCUT2D eigenvalue weighted by molar-refractivity contribution is 0.251. The second kappa shape index (κ2) is 7.31. The molecule has 1 aliphatic carbocycles. The van der Waals surface area contributed by atoms with Crippen molar-refractivity contribution < 1.29 is 4.74 Å². The summed E-state index contributed by atoms with van der Waals surface area (Å²) >= 11 is 0. The van der Waals surface area contributed by atoms with Gasteiger partial charge in [-0.2, -0.15) is 0 Å². The van der Waals surface area contributed by atoms with Crippen LogP contribution in [0.4, 0.5) is 0 Å². The normalized spacial score (nSPS) is 23.0. The van der Waals surface area contributed by atoms with E-state index in [9.17, 15) is 0 Å². The zero-order valence-corrected chi connectivity index (χ0v) is 14.1. The molecule has 1 fully saturated rings. The highest BCUT2D eigenvalue weighted by Crippen LogP contribution is 2.25. The van der Waals surface area contributed by atoms with Crippen molar-refractivity contribution in [3.63, 3.8) is 0 Å². The average Bonchev–Trinajstić information content (AvgIpc) is 2.45. The molecule has 1 N–H and O–H groups in total. The molecule has 0 radical (unpaired) electrons. The summed E-state index contributed by atoms with van der Waals surface area (Å²) in [5, 5.41) is 3.65. The molecule has 2 atom stereocenters. The van der Waals surface area contributed by atoms with E-state index in [1.165, 1.54) is 31.2 Å². The van der Waals surface area contributed by atoms with E-state index in [0.29, 0.717) is 6.04 Å². The molecule has 0 spiro atoms. The van der Waals surface area contributed by atoms with Crippen LogP contribution in [-0.2, 0) is 5.41 Å². The fourth-order valence-electron chi connectivity index (χ4n) is 3.08. The second-order valence-electron chi connectivity index (χ2n) is 7.45. The Balaban J connectivity index is 1.71. The molecule has 1 aliphatic rings. The van der Waals surface area contributed by atoms with E-state index in [1.807, 2.05) is 0 Å². The van der Waals surface area contributed by atoms with Crippen LogP contribution in [0.2, 0.25) is 0 Å². The highest BCUT2D eigenvalue weighted by Gasteiger charge is 2.20. The predicted octanol–water partition coefficient (Wildman–Crippen LogP) is 4.53. The van der Waals surface area contributed by atoms with Gasteiger partial charge in [0.25, 0.3) is 0 Å². The van der Waals surface area contributed by atoms with Crippen molar-refractivity contribution in [2.75, 3.05) is 13.2 Å². The van der Waals surface area contributed by atoms with Gasteiger partial charge in [-0.15, -0.1) is 0 Å². The van der Waals surface area contributed by atoms with Gasteiger partial charge in [0.15, 0.2) is 0 Å². The fourth-order valence-corrected chi connectivity index (χ4v) is 3.08. The quantitative estimate of drug-likeness (QED) is 0.804. The van der Waals surface area contributed by atoms with Crippen molar-refractivity contribution in [2.45, 2.75) is 64.8 Å². The predicted molar refractivity (Wildman–Crippen MR) is 90.1 cm³/mol. The van der Waals surface area contributed by atoms with E-state index in [2.05, 4.69) is 57.3 Å². The van der Waals surface area contributed by atoms with Crippen LogP contribution in [0.5, 0.6) is 5.75 Å². The number of hydrogen-bond donors (Lipinski definition) is 1. The molecule has 0 heterocycles. The molecular weight excluding hydrogens is 258 g/mol. The standard InChI is InChI=1S/C19H31NO/c1-15-7-5-6-8-18(15)20-13-14-21-17-11-9-16(10-12-17)19(2,3)4/h9-12,15,18,20H,5-8,13-14H2,1-4H3. The zero-order chi connectivity index (χ0) is 15.3. The molecule has 0 bridgehead atoms. The van der Waals surface area contributed by atoms with E-state index in [1.54, 1.807) is 0 Å². The first-order valence-electron chi connectivity index (χ1n) is 8.43. The summed E-state index contributed by atoms with van der Waals surface area (Å²) in [4.78, 5) is 0. The van der Waals surface area contributed by atoms with E-state index in [4.69, 9.17) is 4.74 Å². The van der Waals surface area contributed by atoms with E-state index < -0.39 is 0 Å². The Morgan fingerprint density at radius 3 is 2.38 bits per heavy atom.